The zero-order valence-electron chi connectivity index (χ0n) is 8.36. The van der Waals surface area contributed by atoms with Crippen molar-refractivity contribution in [1.82, 2.24) is 0 Å². The molecule has 2 rings (SSSR count). The molecule has 0 unspecified atom stereocenters. The molecule has 0 saturated carbocycles. The highest BCUT2D eigenvalue weighted by atomic mass is 79.9. The fraction of sp³-hybridized carbons (Fsp3) is 0. The molecule has 0 spiro atoms. The van der Waals surface area contributed by atoms with Crippen molar-refractivity contribution < 1.29 is 12.4 Å². The van der Waals surface area contributed by atoms with E-state index < -0.39 is 0 Å². The molecule has 0 aliphatic rings. The van der Waals surface area contributed by atoms with E-state index in [1.54, 1.807) is 11.8 Å². The van der Waals surface area contributed by atoms with E-state index in [9.17, 15) is 0 Å². The highest BCUT2D eigenvalue weighted by Crippen LogP contribution is 2.28. The maximum absolute atomic E-state index is 5.62. The maximum Gasteiger partial charge on any atom is 0.0314 e. The minimum absolute atomic E-state index is 0. The quantitative estimate of drug-likeness (QED) is 0.843. The lowest BCUT2D eigenvalue weighted by atomic mass is 10.3. The van der Waals surface area contributed by atoms with Gasteiger partial charge in [0.15, 0.2) is 0 Å². The number of nitrogens with two attached hydrogens (primary N) is 1. The lowest BCUT2D eigenvalue weighted by Gasteiger charge is -2.02. The summed E-state index contributed by atoms with van der Waals surface area (Å²) in [6.45, 7) is 0. The largest absolute Gasteiger partial charge is 1.00 e. The Kier molecular flexibility index (Phi) is 5.19. The van der Waals surface area contributed by atoms with Crippen LogP contribution in [0.2, 0.25) is 0 Å². The molecule has 0 atom stereocenters. The molecule has 0 radical (unpaired) electrons. The predicted molar refractivity (Wildman–Crippen MR) is 69.1 cm³/mol. The minimum atomic E-state index is 0. The molecule has 0 bridgehead atoms. The highest BCUT2D eigenvalue weighted by Gasteiger charge is 1.96. The molecule has 0 fully saturated rings. The Balaban J connectivity index is 0.00000128. The van der Waals surface area contributed by atoms with E-state index >= 15 is 0 Å². The Bertz CT molecular complexity index is 398. The second-order valence-corrected chi connectivity index (χ2v) is 5.19. The van der Waals surface area contributed by atoms with E-state index in [1.165, 1.54) is 9.79 Å². The summed E-state index contributed by atoms with van der Waals surface area (Å²) in [4.78, 5) is 2.43. The van der Waals surface area contributed by atoms with E-state index in [2.05, 4.69) is 28.1 Å². The van der Waals surface area contributed by atoms with Crippen molar-refractivity contribution >= 4 is 33.4 Å². The van der Waals surface area contributed by atoms with Crippen molar-refractivity contribution in [2.45, 2.75) is 9.79 Å². The number of hydrogen-bond donors (Lipinski definition) is 1. The van der Waals surface area contributed by atoms with Crippen LogP contribution in [0.1, 0.15) is 0 Å². The van der Waals surface area contributed by atoms with E-state index in [-0.39, 0.29) is 12.4 Å². The third kappa shape index (κ3) is 3.74. The van der Waals surface area contributed by atoms with Crippen LogP contribution >= 0.6 is 27.7 Å². The summed E-state index contributed by atoms with van der Waals surface area (Å²) in [5, 5.41) is 0. The van der Waals surface area contributed by atoms with Gasteiger partial charge in [0.25, 0.3) is 0 Å². The Hall–Kier alpha value is -0.640. The summed E-state index contributed by atoms with van der Waals surface area (Å²) in [7, 11) is 0. The fourth-order valence-corrected chi connectivity index (χ4v) is 2.26. The second kappa shape index (κ2) is 6.18. The fourth-order valence-electron chi connectivity index (χ4n) is 1.17. The lowest BCUT2D eigenvalue weighted by Crippen LogP contribution is -3.00. The van der Waals surface area contributed by atoms with Crippen LogP contribution in [0.5, 0.6) is 0 Å². The third-order valence-electron chi connectivity index (χ3n) is 1.93. The Labute approximate surface area is 114 Å². The highest BCUT2D eigenvalue weighted by molar-refractivity contribution is 9.10. The van der Waals surface area contributed by atoms with Gasteiger partial charge in [0, 0.05) is 20.0 Å². The van der Waals surface area contributed by atoms with Crippen LogP contribution in [0.15, 0.2) is 62.8 Å². The molecule has 0 aliphatic heterocycles. The SMILES string of the molecule is Nc1ccc(Sc2ccc(Br)cc2)cc1.[Cl-]. The van der Waals surface area contributed by atoms with Crippen LogP contribution in [0.25, 0.3) is 0 Å². The van der Waals surface area contributed by atoms with Gasteiger partial charge in [-0.05, 0) is 48.5 Å². The Morgan fingerprint density at radius 2 is 1.25 bits per heavy atom. The smallest absolute Gasteiger partial charge is 0.0314 e. The first-order valence-corrected chi connectivity index (χ1v) is 6.14. The third-order valence-corrected chi connectivity index (χ3v) is 3.47. The first-order valence-electron chi connectivity index (χ1n) is 4.53. The van der Waals surface area contributed by atoms with E-state index in [0.29, 0.717) is 0 Å². The average molecular weight is 316 g/mol. The number of nitrogen functional groups attached to an aromatic ring is 1. The first kappa shape index (κ1) is 13.4. The number of halogens is 2. The summed E-state index contributed by atoms with van der Waals surface area (Å²) in [6, 6.07) is 16.2. The van der Waals surface area contributed by atoms with Crippen LogP contribution in [0.3, 0.4) is 0 Å². The van der Waals surface area contributed by atoms with Gasteiger partial charge in [-0.2, -0.15) is 0 Å². The van der Waals surface area contributed by atoms with Gasteiger partial charge in [-0.1, -0.05) is 27.7 Å². The van der Waals surface area contributed by atoms with Gasteiger partial charge in [-0.15, -0.1) is 0 Å². The standard InChI is InChI=1S/C12H10BrNS.ClH/c13-9-1-5-11(6-2-9)15-12-7-3-10(14)4-8-12;/h1-8H,14H2;1H/p-1. The Morgan fingerprint density at radius 3 is 1.75 bits per heavy atom. The molecule has 0 aliphatic carbocycles. The maximum atomic E-state index is 5.62. The normalized spacial score (nSPS) is 9.56. The van der Waals surface area contributed by atoms with Crippen LogP contribution < -0.4 is 18.1 Å². The molecule has 0 saturated heterocycles. The van der Waals surface area contributed by atoms with Crippen molar-refractivity contribution in [3.8, 4) is 0 Å². The van der Waals surface area contributed by atoms with Crippen molar-refractivity contribution in [3.05, 3.63) is 53.0 Å². The lowest BCUT2D eigenvalue weighted by molar-refractivity contribution is -0.00000284. The summed E-state index contributed by atoms with van der Waals surface area (Å²) in [5.74, 6) is 0. The van der Waals surface area contributed by atoms with Gasteiger partial charge in [-0.3, -0.25) is 0 Å². The molecule has 16 heavy (non-hydrogen) atoms. The zero-order chi connectivity index (χ0) is 10.7. The van der Waals surface area contributed by atoms with Gasteiger partial charge < -0.3 is 18.1 Å². The molecule has 0 amide bonds. The summed E-state index contributed by atoms with van der Waals surface area (Å²) in [6.07, 6.45) is 0. The molecule has 0 heterocycles. The first-order chi connectivity index (χ1) is 7.24. The topological polar surface area (TPSA) is 26.0 Å². The second-order valence-electron chi connectivity index (χ2n) is 3.13. The molecular weight excluding hydrogens is 306 g/mol. The van der Waals surface area contributed by atoms with Crippen molar-refractivity contribution in [2.24, 2.45) is 0 Å². The predicted octanol–water partition coefficient (Wildman–Crippen LogP) is 1.19. The minimum Gasteiger partial charge on any atom is -1.00 e. The van der Waals surface area contributed by atoms with Gasteiger partial charge in [0.2, 0.25) is 0 Å². The molecule has 4 heteroatoms. The van der Waals surface area contributed by atoms with Gasteiger partial charge in [-0.25, -0.2) is 0 Å². The van der Waals surface area contributed by atoms with Crippen molar-refractivity contribution in [2.75, 3.05) is 5.73 Å². The van der Waals surface area contributed by atoms with E-state index in [0.717, 1.165) is 10.2 Å². The molecule has 2 aromatic rings. The van der Waals surface area contributed by atoms with Gasteiger partial charge >= 0.3 is 0 Å². The average Bonchev–Trinajstić information content (AvgIpc) is 2.25. The molecule has 1 nitrogen and oxygen atoms in total. The van der Waals surface area contributed by atoms with Crippen molar-refractivity contribution in [1.29, 1.82) is 0 Å². The Morgan fingerprint density at radius 1 is 0.812 bits per heavy atom. The van der Waals surface area contributed by atoms with E-state index in [4.69, 9.17) is 5.73 Å². The monoisotopic (exact) mass is 314 g/mol. The van der Waals surface area contributed by atoms with Crippen LogP contribution in [-0.2, 0) is 0 Å². The zero-order valence-corrected chi connectivity index (χ0v) is 11.5. The van der Waals surface area contributed by atoms with Gasteiger partial charge in [0.05, 0.1) is 0 Å². The molecular formula is C12H10BrClNS-. The molecule has 2 N–H and O–H groups in total. The van der Waals surface area contributed by atoms with Crippen molar-refractivity contribution in [3.63, 3.8) is 0 Å². The number of benzene rings is 2. The number of anilines is 1. The van der Waals surface area contributed by atoms with Gasteiger partial charge in [0.1, 0.15) is 0 Å². The summed E-state index contributed by atoms with van der Waals surface area (Å²) in [5.41, 5.74) is 6.43. The van der Waals surface area contributed by atoms with E-state index in [1.807, 2.05) is 36.4 Å². The summed E-state index contributed by atoms with van der Waals surface area (Å²) < 4.78 is 1.10. The molecule has 2 aromatic carbocycles. The number of hydrogen-bond acceptors (Lipinski definition) is 2. The number of rotatable bonds is 2. The van der Waals surface area contributed by atoms with Crippen LogP contribution in [0, 0.1) is 0 Å². The molecule has 84 valence electrons. The van der Waals surface area contributed by atoms with Crippen LogP contribution in [0.4, 0.5) is 5.69 Å². The van der Waals surface area contributed by atoms with Crippen LogP contribution in [-0.4, -0.2) is 0 Å². The summed E-state index contributed by atoms with van der Waals surface area (Å²) >= 11 is 5.14. The molecule has 0 aromatic heterocycles.